The second kappa shape index (κ2) is 6.40. The molecule has 2 aliphatic rings. The third-order valence-electron chi connectivity index (χ3n) is 5.95. The Morgan fingerprint density at radius 2 is 1.83 bits per heavy atom. The van der Waals surface area contributed by atoms with Crippen LogP contribution in [0.4, 0.5) is 0 Å². The summed E-state index contributed by atoms with van der Waals surface area (Å²) in [5.41, 5.74) is 1.32. The van der Waals surface area contributed by atoms with Crippen LogP contribution in [0.5, 0.6) is 0 Å². The van der Waals surface area contributed by atoms with Crippen LogP contribution in [0.2, 0.25) is 14.8 Å². The summed E-state index contributed by atoms with van der Waals surface area (Å²) in [6.07, 6.45) is 3.40. The van der Waals surface area contributed by atoms with Crippen molar-refractivity contribution in [1.82, 2.24) is 4.90 Å². The first-order chi connectivity index (χ1) is 10.8. The van der Waals surface area contributed by atoms with Gasteiger partial charge in [-0.2, -0.15) is 0 Å². The van der Waals surface area contributed by atoms with Gasteiger partial charge in [0.1, 0.15) is 0 Å². The first kappa shape index (κ1) is 17.3. The van der Waals surface area contributed by atoms with Crippen LogP contribution in [0.25, 0.3) is 0 Å². The summed E-state index contributed by atoms with van der Waals surface area (Å²) in [6, 6.07) is 10.2. The van der Waals surface area contributed by atoms with E-state index in [9.17, 15) is 4.79 Å². The van der Waals surface area contributed by atoms with Crippen molar-refractivity contribution in [3.63, 3.8) is 0 Å². The zero-order chi connectivity index (χ0) is 16.8. The molecular weight excluding hydrogens is 393 g/mol. The fraction of sp³-hybridized carbons (Fsp3) is 0.632. The van der Waals surface area contributed by atoms with Crippen molar-refractivity contribution >= 4 is 27.9 Å². The average molecular weight is 422 g/mol. The van der Waals surface area contributed by atoms with E-state index in [1.165, 1.54) is 19.1 Å². The van der Waals surface area contributed by atoms with Crippen molar-refractivity contribution in [3.05, 3.63) is 29.8 Å². The van der Waals surface area contributed by atoms with E-state index >= 15 is 0 Å². The molecule has 2 saturated heterocycles. The first-order valence-corrected chi connectivity index (χ1v) is 18.7. The van der Waals surface area contributed by atoms with Crippen LogP contribution in [0.15, 0.2) is 24.3 Å². The first-order valence-electron chi connectivity index (χ1n) is 8.73. The number of fused-ring (bicyclic) bond motifs is 2. The van der Waals surface area contributed by atoms with E-state index in [-0.39, 0.29) is 11.9 Å². The molecule has 0 spiro atoms. The van der Waals surface area contributed by atoms with E-state index in [0.29, 0.717) is 18.0 Å². The minimum absolute atomic E-state index is 0.0206. The minimum atomic E-state index is -2.01. The summed E-state index contributed by atoms with van der Waals surface area (Å²) in [7, 11) is 3.70. The average Bonchev–Trinajstić information content (AvgIpc) is 2.75. The Kier molecular flexibility index (Phi) is 4.80. The van der Waals surface area contributed by atoms with Gasteiger partial charge in [0.2, 0.25) is 0 Å². The van der Waals surface area contributed by atoms with E-state index in [1.54, 1.807) is 3.58 Å². The molecule has 0 N–H and O–H groups in total. The Balaban J connectivity index is 1.92. The molecule has 0 aliphatic carbocycles. The van der Waals surface area contributed by atoms with Crippen LogP contribution in [-0.4, -0.2) is 55.5 Å². The number of hydrogen-bond acceptors (Lipinski definition) is 3. The van der Waals surface area contributed by atoms with Crippen molar-refractivity contribution in [2.24, 2.45) is 5.92 Å². The zero-order valence-corrected chi connectivity index (χ0v) is 17.9. The summed E-state index contributed by atoms with van der Waals surface area (Å²) >= 11 is -2.01. The second-order valence-electron chi connectivity index (χ2n) is 8.23. The van der Waals surface area contributed by atoms with Crippen LogP contribution in [0.1, 0.15) is 30.7 Å². The van der Waals surface area contributed by atoms with Gasteiger partial charge in [0, 0.05) is 0 Å². The molecule has 2 unspecified atom stereocenters. The molecule has 0 saturated carbocycles. The van der Waals surface area contributed by atoms with E-state index in [4.69, 9.17) is 4.74 Å². The molecule has 4 atom stereocenters. The molecule has 2 fully saturated rings. The molecule has 2 heterocycles. The Labute approximate surface area is 144 Å². The van der Waals surface area contributed by atoms with Gasteiger partial charge in [-0.25, -0.2) is 0 Å². The number of methoxy groups -OCH3 is 1. The van der Waals surface area contributed by atoms with Gasteiger partial charge >= 0.3 is 144 Å². The molecular formula is C19H29NO2Sn. The molecule has 3 nitrogen and oxygen atoms in total. The number of carbonyl (C=O) groups is 1. The monoisotopic (exact) mass is 423 g/mol. The molecule has 126 valence electrons. The maximum atomic E-state index is 12.5. The molecule has 1 aromatic rings. The van der Waals surface area contributed by atoms with Gasteiger partial charge in [0.05, 0.1) is 0 Å². The number of rotatable bonds is 3. The topological polar surface area (TPSA) is 29.5 Å². The Morgan fingerprint density at radius 1 is 1.17 bits per heavy atom. The molecule has 23 heavy (non-hydrogen) atoms. The summed E-state index contributed by atoms with van der Waals surface area (Å²) in [5, 5.41) is 0. The summed E-state index contributed by atoms with van der Waals surface area (Å²) in [6.45, 7) is 0. The van der Waals surface area contributed by atoms with Gasteiger partial charge in [0.15, 0.2) is 0 Å². The van der Waals surface area contributed by atoms with Gasteiger partial charge in [-0.05, 0) is 0 Å². The summed E-state index contributed by atoms with van der Waals surface area (Å²) < 4.78 is 6.71. The number of benzene rings is 1. The number of ether oxygens (including phenoxy) is 1. The number of carbonyl (C=O) groups excluding carboxylic acids is 1. The molecule has 2 aliphatic heterocycles. The number of nitrogens with zero attached hydrogens (tertiary/aromatic N) is 1. The Morgan fingerprint density at radius 3 is 2.39 bits per heavy atom. The van der Waals surface area contributed by atoms with Gasteiger partial charge in [-0.1, -0.05) is 0 Å². The van der Waals surface area contributed by atoms with Crippen molar-refractivity contribution in [2.45, 2.75) is 52.1 Å². The molecule has 3 rings (SSSR count). The normalized spacial score (nSPS) is 31.2. The van der Waals surface area contributed by atoms with Crippen molar-refractivity contribution in [1.29, 1.82) is 0 Å². The second-order valence-corrected chi connectivity index (χ2v) is 22.7. The van der Waals surface area contributed by atoms with Crippen molar-refractivity contribution in [2.75, 3.05) is 14.2 Å². The number of hydrogen-bond donors (Lipinski definition) is 0. The SMILES string of the molecule is COC(=O)C1C2CC[C@H](C[C@@H]1c1cc[c]([Sn]([CH3])([CH3])[CH3])cc1)N2C. The third kappa shape index (κ3) is 3.19. The van der Waals surface area contributed by atoms with Gasteiger partial charge in [-0.3, -0.25) is 0 Å². The molecule has 0 amide bonds. The van der Waals surface area contributed by atoms with Crippen LogP contribution >= 0.6 is 0 Å². The third-order valence-corrected chi connectivity index (χ3v) is 11.8. The molecule has 1 aromatic carbocycles. The number of esters is 1. The fourth-order valence-electron chi connectivity index (χ4n) is 4.50. The van der Waals surface area contributed by atoms with Crippen LogP contribution in [0, 0.1) is 5.92 Å². The maximum absolute atomic E-state index is 12.5. The standard InChI is InChI=1S/C16H20NO2.3CH3.Sn/c1-17-12-8-9-14(17)15(16(18)19-2)13(10-12)11-6-4-3-5-7-11;;;;/h4-7,12-15H,8-10H2,1-2H3;3*1H3;/t12-,13-,14?,15?;;;;/m1..../s1. The predicted octanol–water partition coefficient (Wildman–Crippen LogP) is 2.97. The Hall–Kier alpha value is -0.551. The molecule has 0 radical (unpaired) electrons. The van der Waals surface area contributed by atoms with Gasteiger partial charge in [0.25, 0.3) is 0 Å². The number of piperidine rings is 1. The van der Waals surface area contributed by atoms with E-state index in [2.05, 4.69) is 51.0 Å². The van der Waals surface area contributed by atoms with Crippen LogP contribution in [-0.2, 0) is 9.53 Å². The zero-order valence-electron chi connectivity index (χ0n) is 15.0. The molecule has 4 heteroatoms. The van der Waals surface area contributed by atoms with Crippen molar-refractivity contribution in [3.8, 4) is 0 Å². The van der Waals surface area contributed by atoms with Gasteiger partial charge < -0.3 is 0 Å². The quantitative estimate of drug-likeness (QED) is 0.555. The predicted molar refractivity (Wildman–Crippen MR) is 96.9 cm³/mol. The van der Waals surface area contributed by atoms with Gasteiger partial charge in [-0.15, -0.1) is 0 Å². The van der Waals surface area contributed by atoms with Crippen LogP contribution in [0.3, 0.4) is 0 Å². The molecule has 2 bridgehead atoms. The fourth-order valence-corrected chi connectivity index (χ4v) is 7.83. The van der Waals surface area contributed by atoms with E-state index in [0.717, 1.165) is 12.8 Å². The Bertz CT molecular complexity index is 578. The van der Waals surface area contributed by atoms with Crippen LogP contribution < -0.4 is 3.58 Å². The van der Waals surface area contributed by atoms with E-state index in [1.807, 2.05) is 0 Å². The summed E-state index contributed by atoms with van der Waals surface area (Å²) in [4.78, 5) is 22.2. The van der Waals surface area contributed by atoms with Crippen molar-refractivity contribution < 1.29 is 9.53 Å². The van der Waals surface area contributed by atoms with E-state index < -0.39 is 18.4 Å². The summed E-state index contributed by atoms with van der Waals surface area (Å²) in [5.74, 6) is 0.249. The molecule has 0 aromatic heterocycles.